The van der Waals surface area contributed by atoms with Crippen LogP contribution in [0, 0.1) is 0 Å². The Morgan fingerprint density at radius 3 is 2.76 bits per heavy atom. The van der Waals surface area contributed by atoms with Crippen molar-refractivity contribution in [3.8, 4) is 11.4 Å². The molecular weight excluding hydrogens is 316 g/mol. The van der Waals surface area contributed by atoms with E-state index in [4.69, 9.17) is 9.72 Å². The minimum Gasteiger partial charge on any atom is -0.366 e. The van der Waals surface area contributed by atoms with Crippen molar-refractivity contribution in [1.82, 2.24) is 14.9 Å². The fourth-order valence-corrected chi connectivity index (χ4v) is 3.06. The molecule has 6 nitrogen and oxygen atoms in total. The molecule has 0 bridgehead atoms. The number of hydrogen-bond donors (Lipinski definition) is 2. The lowest BCUT2D eigenvalue weighted by molar-refractivity contribution is -0.128. The maximum atomic E-state index is 12.2. The van der Waals surface area contributed by atoms with Crippen LogP contribution in [0.3, 0.4) is 0 Å². The number of amides is 1. The summed E-state index contributed by atoms with van der Waals surface area (Å²) in [6.07, 6.45) is -0.437. The van der Waals surface area contributed by atoms with Gasteiger partial charge < -0.3 is 19.9 Å². The number of imidazole rings is 1. The summed E-state index contributed by atoms with van der Waals surface area (Å²) in [6, 6.07) is 15.8. The van der Waals surface area contributed by atoms with E-state index in [0.29, 0.717) is 13.2 Å². The molecule has 1 atom stereocenters. The van der Waals surface area contributed by atoms with E-state index in [2.05, 4.69) is 21.3 Å². The molecule has 2 N–H and O–H groups in total. The van der Waals surface area contributed by atoms with Crippen LogP contribution in [0.15, 0.2) is 48.5 Å². The fraction of sp³-hybridized carbons (Fsp3) is 0.263. The van der Waals surface area contributed by atoms with Crippen molar-refractivity contribution in [2.75, 3.05) is 25.0 Å². The van der Waals surface area contributed by atoms with Crippen molar-refractivity contribution in [3.63, 3.8) is 0 Å². The molecule has 2 aromatic carbocycles. The van der Waals surface area contributed by atoms with Crippen LogP contribution in [-0.4, -0.2) is 41.3 Å². The van der Waals surface area contributed by atoms with Gasteiger partial charge in [-0.25, -0.2) is 4.98 Å². The maximum absolute atomic E-state index is 12.2. The summed E-state index contributed by atoms with van der Waals surface area (Å²) in [6.45, 7) is 1.89. The van der Waals surface area contributed by atoms with Crippen molar-refractivity contribution in [3.05, 3.63) is 48.5 Å². The smallest absolute Gasteiger partial charge is 0.254 e. The van der Waals surface area contributed by atoms with Crippen molar-refractivity contribution in [1.29, 1.82) is 0 Å². The Kier molecular flexibility index (Phi) is 4.21. The molecule has 1 fully saturated rings. The molecule has 25 heavy (non-hydrogen) atoms. The Hall–Kier alpha value is -2.70. The van der Waals surface area contributed by atoms with E-state index in [-0.39, 0.29) is 5.91 Å². The van der Waals surface area contributed by atoms with Crippen LogP contribution in [0.25, 0.3) is 22.4 Å². The molecule has 4 rings (SSSR count). The monoisotopic (exact) mass is 336 g/mol. The first-order valence-electron chi connectivity index (χ1n) is 8.37. The minimum absolute atomic E-state index is 0.123. The lowest BCUT2D eigenvalue weighted by Gasteiger charge is -2.22. The molecule has 2 heterocycles. The molecule has 3 aromatic rings. The normalized spacial score (nSPS) is 17.6. The number of aromatic nitrogens is 2. The van der Waals surface area contributed by atoms with Gasteiger partial charge in [0.1, 0.15) is 11.9 Å². The first kappa shape index (κ1) is 15.8. The quantitative estimate of drug-likeness (QED) is 0.769. The number of hydrogen-bond acceptors (Lipinski definition) is 4. The van der Waals surface area contributed by atoms with E-state index in [1.165, 1.54) is 0 Å². The Labute approximate surface area is 145 Å². The number of anilines is 1. The highest BCUT2D eigenvalue weighted by Crippen LogP contribution is 2.24. The van der Waals surface area contributed by atoms with Crippen molar-refractivity contribution in [2.45, 2.75) is 6.10 Å². The van der Waals surface area contributed by atoms with Gasteiger partial charge in [-0.2, -0.15) is 0 Å². The van der Waals surface area contributed by atoms with Crippen LogP contribution < -0.4 is 10.6 Å². The fourth-order valence-electron chi connectivity index (χ4n) is 3.06. The van der Waals surface area contributed by atoms with E-state index in [0.717, 1.165) is 34.7 Å². The van der Waals surface area contributed by atoms with Gasteiger partial charge in [0.05, 0.1) is 17.6 Å². The van der Waals surface area contributed by atoms with Gasteiger partial charge in [0, 0.05) is 31.4 Å². The number of carbonyl (C=O) groups excluding carboxylic acids is 1. The van der Waals surface area contributed by atoms with Gasteiger partial charge in [-0.3, -0.25) is 4.79 Å². The molecule has 0 radical (unpaired) electrons. The second-order valence-corrected chi connectivity index (χ2v) is 6.11. The number of nitrogens with zero attached hydrogens (tertiary/aromatic N) is 2. The van der Waals surface area contributed by atoms with Crippen molar-refractivity contribution in [2.24, 2.45) is 7.05 Å². The number of morpholine rings is 1. The maximum Gasteiger partial charge on any atom is 0.254 e. The minimum atomic E-state index is -0.437. The zero-order valence-electron chi connectivity index (χ0n) is 14.0. The topological polar surface area (TPSA) is 68.2 Å². The molecule has 1 aliphatic rings. The van der Waals surface area contributed by atoms with Crippen molar-refractivity contribution < 1.29 is 9.53 Å². The molecule has 128 valence electrons. The highest BCUT2D eigenvalue weighted by Gasteiger charge is 2.21. The van der Waals surface area contributed by atoms with E-state index in [1.54, 1.807) is 0 Å². The third-order valence-electron chi connectivity index (χ3n) is 4.42. The summed E-state index contributed by atoms with van der Waals surface area (Å²) in [5.41, 5.74) is 3.82. The van der Waals surface area contributed by atoms with Gasteiger partial charge in [-0.05, 0) is 36.4 Å². The molecule has 1 amide bonds. The Morgan fingerprint density at radius 2 is 2.04 bits per heavy atom. The van der Waals surface area contributed by atoms with Crippen LogP contribution in [0.2, 0.25) is 0 Å². The van der Waals surface area contributed by atoms with E-state index in [9.17, 15) is 4.79 Å². The lowest BCUT2D eigenvalue weighted by atomic mass is 10.2. The number of benzene rings is 2. The molecule has 1 unspecified atom stereocenters. The molecule has 6 heteroatoms. The Morgan fingerprint density at radius 1 is 1.24 bits per heavy atom. The molecular formula is C19H20N4O2. The largest absolute Gasteiger partial charge is 0.366 e. The third kappa shape index (κ3) is 3.14. The van der Waals surface area contributed by atoms with Gasteiger partial charge in [-0.1, -0.05) is 12.1 Å². The predicted octanol–water partition coefficient (Wildman–Crippen LogP) is 2.17. The first-order valence-corrected chi connectivity index (χ1v) is 8.37. The van der Waals surface area contributed by atoms with E-state index < -0.39 is 6.10 Å². The molecule has 0 aliphatic carbocycles. The SMILES string of the molecule is Cn1c(-c2ccc(NC(=O)C3CNCCO3)cc2)nc2ccccc21. The highest BCUT2D eigenvalue weighted by molar-refractivity contribution is 5.94. The molecule has 1 aromatic heterocycles. The predicted molar refractivity (Wildman–Crippen MR) is 97.4 cm³/mol. The van der Waals surface area contributed by atoms with Gasteiger partial charge in [-0.15, -0.1) is 0 Å². The molecule has 0 spiro atoms. The average molecular weight is 336 g/mol. The number of fused-ring (bicyclic) bond motifs is 1. The summed E-state index contributed by atoms with van der Waals surface area (Å²) < 4.78 is 7.54. The van der Waals surface area contributed by atoms with E-state index >= 15 is 0 Å². The number of aryl methyl sites for hydroxylation is 1. The summed E-state index contributed by atoms with van der Waals surface area (Å²) >= 11 is 0. The first-order chi connectivity index (χ1) is 12.2. The molecule has 1 saturated heterocycles. The Balaban J connectivity index is 1.53. The summed E-state index contributed by atoms with van der Waals surface area (Å²) in [5, 5.41) is 6.05. The standard InChI is InChI=1S/C19H20N4O2/c1-23-16-5-3-2-4-15(16)22-18(23)13-6-8-14(9-7-13)21-19(24)17-12-20-10-11-25-17/h2-9,17,20H,10-12H2,1H3,(H,21,24). The number of ether oxygens (including phenoxy) is 1. The van der Waals surface area contributed by atoms with Gasteiger partial charge >= 0.3 is 0 Å². The van der Waals surface area contributed by atoms with E-state index in [1.807, 2.05) is 49.5 Å². The Bertz CT molecular complexity index is 895. The highest BCUT2D eigenvalue weighted by atomic mass is 16.5. The second-order valence-electron chi connectivity index (χ2n) is 6.11. The summed E-state index contributed by atoms with van der Waals surface area (Å²) in [4.78, 5) is 16.9. The van der Waals surface area contributed by atoms with Gasteiger partial charge in [0.15, 0.2) is 0 Å². The van der Waals surface area contributed by atoms with Gasteiger partial charge in [0.25, 0.3) is 5.91 Å². The van der Waals surface area contributed by atoms with Crippen LogP contribution in [0.1, 0.15) is 0 Å². The summed E-state index contributed by atoms with van der Waals surface area (Å²) in [7, 11) is 2.01. The van der Waals surface area contributed by atoms with Crippen LogP contribution in [0.5, 0.6) is 0 Å². The second kappa shape index (κ2) is 6.66. The number of nitrogens with one attached hydrogen (secondary N) is 2. The zero-order chi connectivity index (χ0) is 17.2. The molecule has 0 saturated carbocycles. The van der Waals surface area contributed by atoms with Gasteiger partial charge in [0.2, 0.25) is 0 Å². The number of para-hydroxylation sites is 2. The number of rotatable bonds is 3. The zero-order valence-corrected chi connectivity index (χ0v) is 14.0. The lowest BCUT2D eigenvalue weighted by Crippen LogP contribution is -2.45. The van der Waals surface area contributed by atoms with Crippen molar-refractivity contribution >= 4 is 22.6 Å². The average Bonchev–Trinajstić information content (AvgIpc) is 3.00. The third-order valence-corrected chi connectivity index (χ3v) is 4.42. The summed E-state index contributed by atoms with van der Waals surface area (Å²) in [5.74, 6) is 0.779. The number of carbonyl (C=O) groups is 1. The van der Waals surface area contributed by atoms with Crippen LogP contribution in [0.4, 0.5) is 5.69 Å². The molecule has 1 aliphatic heterocycles. The van der Waals surface area contributed by atoms with Crippen LogP contribution >= 0.6 is 0 Å². The van der Waals surface area contributed by atoms with Crippen LogP contribution in [-0.2, 0) is 16.6 Å².